The Bertz CT molecular complexity index is 1120. The summed E-state index contributed by atoms with van der Waals surface area (Å²) in [6, 6.07) is 7.88. The van der Waals surface area contributed by atoms with Gasteiger partial charge in [0.05, 0.1) is 41.7 Å². The fourth-order valence-corrected chi connectivity index (χ4v) is 7.82. The third-order valence-corrected chi connectivity index (χ3v) is 9.29. The summed E-state index contributed by atoms with van der Waals surface area (Å²) in [7, 11) is -1.93. The van der Waals surface area contributed by atoms with E-state index in [4.69, 9.17) is 9.73 Å². The second-order valence-electron chi connectivity index (χ2n) is 7.89. The molecule has 3 aliphatic rings. The maximum absolute atomic E-state index is 13.2. The van der Waals surface area contributed by atoms with Gasteiger partial charge < -0.3 is 14.6 Å². The van der Waals surface area contributed by atoms with Gasteiger partial charge in [0.15, 0.2) is 9.84 Å². The Labute approximate surface area is 181 Å². The standard InChI is InChI=1S/C20H23N3O4S2.CH4/c1-27-18(24)9-13-10-28-20(21-13)16-8-12-4-2-6-15-19(12)23(16)11-29(25,26)17-7-3-5-14(17)22-15;/h2,4,6,8,13-14,17,22H,3,5,7,9-11H2,1H3;1H4. The summed E-state index contributed by atoms with van der Waals surface area (Å²) in [6.45, 7) is 0. The summed E-state index contributed by atoms with van der Waals surface area (Å²) >= 11 is 1.57. The molecule has 0 radical (unpaired) electrons. The number of carbonyl (C=O) groups is 1. The molecule has 5 rings (SSSR count). The Morgan fingerprint density at radius 2 is 2.20 bits per heavy atom. The van der Waals surface area contributed by atoms with E-state index < -0.39 is 9.84 Å². The zero-order valence-corrected chi connectivity index (χ0v) is 17.8. The first kappa shape index (κ1) is 21.2. The highest BCUT2D eigenvalue weighted by molar-refractivity contribution is 8.14. The van der Waals surface area contributed by atoms with Gasteiger partial charge in [0.25, 0.3) is 0 Å². The highest BCUT2D eigenvalue weighted by Gasteiger charge is 2.40. The van der Waals surface area contributed by atoms with Crippen molar-refractivity contribution < 1.29 is 17.9 Å². The minimum absolute atomic E-state index is 0. The van der Waals surface area contributed by atoms with Crippen LogP contribution in [0.4, 0.5) is 5.69 Å². The van der Waals surface area contributed by atoms with Crippen molar-refractivity contribution in [3.8, 4) is 0 Å². The molecule has 9 heteroatoms. The largest absolute Gasteiger partial charge is 0.469 e. The number of fused-ring (bicyclic) bond motifs is 1. The van der Waals surface area contributed by atoms with E-state index in [-0.39, 0.29) is 43.0 Å². The van der Waals surface area contributed by atoms with Gasteiger partial charge in [-0.15, -0.1) is 11.8 Å². The van der Waals surface area contributed by atoms with Crippen LogP contribution in [0.1, 0.15) is 38.8 Å². The van der Waals surface area contributed by atoms with Gasteiger partial charge in [-0.1, -0.05) is 19.6 Å². The average Bonchev–Trinajstić information content (AvgIpc) is 3.40. The Kier molecular flexibility index (Phi) is 5.61. The average molecular weight is 450 g/mol. The number of nitrogens with one attached hydrogen (secondary N) is 1. The smallest absolute Gasteiger partial charge is 0.307 e. The molecule has 30 heavy (non-hydrogen) atoms. The van der Waals surface area contributed by atoms with Crippen LogP contribution in [-0.4, -0.2) is 54.2 Å². The Morgan fingerprint density at radius 1 is 1.37 bits per heavy atom. The Hall–Kier alpha value is -2.00. The van der Waals surface area contributed by atoms with Crippen LogP contribution in [0, 0.1) is 0 Å². The van der Waals surface area contributed by atoms with Crippen molar-refractivity contribution in [2.45, 2.75) is 56.3 Å². The topological polar surface area (TPSA) is 89.8 Å². The molecule has 1 N–H and O–H groups in total. The minimum Gasteiger partial charge on any atom is -0.469 e. The van der Waals surface area contributed by atoms with Crippen LogP contribution >= 0.6 is 11.8 Å². The van der Waals surface area contributed by atoms with Gasteiger partial charge in [-0.05, 0) is 31.4 Å². The van der Waals surface area contributed by atoms with E-state index in [0.29, 0.717) is 12.2 Å². The molecule has 1 saturated carbocycles. The Balaban J connectivity index is 0.00000218. The van der Waals surface area contributed by atoms with E-state index in [1.54, 1.807) is 11.8 Å². The van der Waals surface area contributed by atoms with Crippen molar-refractivity contribution >= 4 is 49.2 Å². The number of anilines is 1. The monoisotopic (exact) mass is 449 g/mol. The van der Waals surface area contributed by atoms with Crippen LogP contribution in [0.5, 0.6) is 0 Å². The molecule has 1 aromatic carbocycles. The molecule has 1 aliphatic carbocycles. The SMILES string of the molecule is C.COC(=O)CC1CSC(c2cc3cccc4c3n2CS(=O)(=O)C2CCCC2N4)=N1. The lowest BCUT2D eigenvalue weighted by molar-refractivity contribution is -0.140. The maximum atomic E-state index is 13.2. The molecule has 0 amide bonds. The molecular formula is C21H27N3O4S2. The van der Waals surface area contributed by atoms with Crippen LogP contribution in [-0.2, 0) is 25.2 Å². The molecule has 7 nitrogen and oxygen atoms in total. The predicted octanol–water partition coefficient (Wildman–Crippen LogP) is 3.42. The molecule has 3 heterocycles. The number of esters is 1. The highest BCUT2D eigenvalue weighted by atomic mass is 32.2. The van der Waals surface area contributed by atoms with Gasteiger partial charge in [-0.2, -0.15) is 0 Å². The fraction of sp³-hybridized carbons (Fsp3) is 0.524. The third kappa shape index (κ3) is 3.51. The molecule has 0 bridgehead atoms. The van der Waals surface area contributed by atoms with Crippen molar-refractivity contribution in [1.29, 1.82) is 0 Å². The summed E-state index contributed by atoms with van der Waals surface area (Å²) in [4.78, 5) is 16.3. The van der Waals surface area contributed by atoms with Crippen LogP contribution in [0.15, 0.2) is 29.3 Å². The van der Waals surface area contributed by atoms with Crippen LogP contribution in [0.25, 0.3) is 10.9 Å². The number of hydrogen-bond donors (Lipinski definition) is 1. The number of benzene rings is 1. The second kappa shape index (κ2) is 7.92. The van der Waals surface area contributed by atoms with Gasteiger partial charge >= 0.3 is 5.97 Å². The summed E-state index contributed by atoms with van der Waals surface area (Å²) in [5.41, 5.74) is 2.71. The molecule has 2 aromatic rings. The number of aromatic nitrogens is 1. The van der Waals surface area contributed by atoms with Gasteiger partial charge in [0.2, 0.25) is 0 Å². The maximum Gasteiger partial charge on any atom is 0.307 e. The number of methoxy groups -OCH3 is 1. The first-order valence-corrected chi connectivity index (χ1v) is 12.5. The van der Waals surface area contributed by atoms with Crippen molar-refractivity contribution in [1.82, 2.24) is 4.57 Å². The number of carbonyl (C=O) groups excluding carboxylic acids is 1. The molecular weight excluding hydrogens is 422 g/mol. The van der Waals surface area contributed by atoms with E-state index >= 15 is 0 Å². The lowest BCUT2D eigenvalue weighted by atomic mass is 10.2. The highest BCUT2D eigenvalue weighted by Crippen LogP contribution is 2.38. The second-order valence-corrected chi connectivity index (χ2v) is 11.1. The molecule has 0 spiro atoms. The van der Waals surface area contributed by atoms with E-state index in [0.717, 1.165) is 40.2 Å². The number of nitrogens with zero attached hydrogens (tertiary/aromatic N) is 2. The van der Waals surface area contributed by atoms with Gasteiger partial charge in [0, 0.05) is 17.2 Å². The van der Waals surface area contributed by atoms with Crippen LogP contribution in [0.2, 0.25) is 0 Å². The first-order valence-electron chi connectivity index (χ1n) is 9.84. The number of para-hydroxylation sites is 1. The molecule has 1 fully saturated rings. The first-order chi connectivity index (χ1) is 14.0. The molecule has 162 valence electrons. The zero-order chi connectivity index (χ0) is 20.2. The van der Waals surface area contributed by atoms with E-state index in [9.17, 15) is 13.2 Å². The summed E-state index contributed by atoms with van der Waals surface area (Å²) in [5, 5.41) is 4.95. The molecule has 3 unspecified atom stereocenters. The van der Waals surface area contributed by atoms with Crippen molar-refractivity contribution in [2.24, 2.45) is 4.99 Å². The summed E-state index contributed by atoms with van der Waals surface area (Å²) in [6.07, 6.45) is 2.75. The number of sulfone groups is 1. The minimum atomic E-state index is -3.31. The van der Waals surface area contributed by atoms with Gasteiger partial charge in [-0.25, -0.2) is 8.42 Å². The summed E-state index contributed by atoms with van der Waals surface area (Å²) < 4.78 is 33.1. The lowest BCUT2D eigenvalue weighted by Gasteiger charge is -2.27. The number of aliphatic imine (C=N–C) groups is 1. The van der Waals surface area contributed by atoms with Crippen LogP contribution < -0.4 is 5.32 Å². The van der Waals surface area contributed by atoms with Gasteiger partial charge in [0.1, 0.15) is 10.9 Å². The quantitative estimate of drug-likeness (QED) is 0.722. The van der Waals surface area contributed by atoms with Crippen LogP contribution in [0.3, 0.4) is 0 Å². The number of rotatable bonds is 3. The van der Waals surface area contributed by atoms with E-state index in [2.05, 4.69) is 5.32 Å². The third-order valence-electron chi connectivity index (χ3n) is 6.05. The molecule has 0 saturated heterocycles. The number of hydrogen-bond acceptors (Lipinski definition) is 7. The van der Waals surface area contributed by atoms with Crippen molar-refractivity contribution in [3.63, 3.8) is 0 Å². The number of thioether (sulfide) groups is 1. The molecule has 3 atom stereocenters. The van der Waals surface area contributed by atoms with Crippen molar-refractivity contribution in [2.75, 3.05) is 18.2 Å². The van der Waals surface area contributed by atoms with E-state index in [1.165, 1.54) is 7.11 Å². The molecule has 1 aromatic heterocycles. The van der Waals surface area contributed by atoms with E-state index in [1.807, 2.05) is 28.8 Å². The Morgan fingerprint density at radius 3 is 3.00 bits per heavy atom. The lowest BCUT2D eigenvalue weighted by Crippen LogP contribution is -2.38. The van der Waals surface area contributed by atoms with Crippen molar-refractivity contribution in [3.05, 3.63) is 30.0 Å². The number of ether oxygens (including phenoxy) is 1. The zero-order valence-electron chi connectivity index (χ0n) is 16.1. The fourth-order valence-electron chi connectivity index (χ4n) is 4.68. The molecule has 2 aliphatic heterocycles. The van der Waals surface area contributed by atoms with Gasteiger partial charge in [-0.3, -0.25) is 9.79 Å². The summed E-state index contributed by atoms with van der Waals surface area (Å²) in [5.74, 6) is 0.374. The predicted molar refractivity (Wildman–Crippen MR) is 122 cm³/mol. The normalized spacial score (nSPS) is 26.7.